The fourth-order valence-corrected chi connectivity index (χ4v) is 2.95. The van der Waals surface area contributed by atoms with Crippen molar-refractivity contribution in [2.24, 2.45) is 13.0 Å². The Morgan fingerprint density at radius 2 is 2.15 bits per heavy atom. The molecule has 2 unspecified atom stereocenters. The summed E-state index contributed by atoms with van der Waals surface area (Å²) in [6.07, 6.45) is 14.0. The molecule has 20 heavy (non-hydrogen) atoms. The Kier molecular flexibility index (Phi) is 5.18. The van der Waals surface area contributed by atoms with Crippen LogP contribution in [-0.2, 0) is 13.5 Å². The van der Waals surface area contributed by atoms with Gasteiger partial charge in [0.2, 0.25) is 0 Å². The molecule has 1 aliphatic rings. The van der Waals surface area contributed by atoms with E-state index in [1.807, 2.05) is 6.33 Å². The average molecular weight is 287 g/mol. The van der Waals surface area contributed by atoms with E-state index in [0.29, 0.717) is 11.8 Å². The van der Waals surface area contributed by atoms with Crippen molar-refractivity contribution in [2.75, 3.05) is 0 Å². The summed E-state index contributed by atoms with van der Waals surface area (Å²) in [7, 11) is 2.09. The topological polar surface area (TPSA) is 16.8 Å². The van der Waals surface area contributed by atoms with Gasteiger partial charge in [0.05, 0.1) is 12.4 Å². The van der Waals surface area contributed by atoms with Crippen molar-refractivity contribution in [3.05, 3.63) is 47.6 Å². The monoisotopic (exact) mass is 287 g/mol. The van der Waals surface area contributed by atoms with Crippen molar-refractivity contribution in [3.63, 3.8) is 0 Å². The zero-order valence-electron chi connectivity index (χ0n) is 12.5. The number of thiocarbonyl (C=S) groups is 1. The highest BCUT2D eigenvalue weighted by Crippen LogP contribution is 2.26. The van der Waals surface area contributed by atoms with E-state index in [9.17, 15) is 0 Å². The molecular formula is C17H23N2S+. The van der Waals surface area contributed by atoms with E-state index in [1.54, 1.807) is 5.37 Å². The van der Waals surface area contributed by atoms with Gasteiger partial charge in [0.15, 0.2) is 5.69 Å². The number of rotatable bonds is 1. The molecule has 1 aromatic rings. The third-order valence-electron chi connectivity index (χ3n) is 4.00. The number of aryl methyl sites for hydroxylation is 1. The molecule has 1 aromatic heterocycles. The first-order chi connectivity index (χ1) is 9.63. The maximum absolute atomic E-state index is 5.16. The van der Waals surface area contributed by atoms with Crippen LogP contribution in [0.4, 0.5) is 0 Å². The lowest BCUT2D eigenvalue weighted by molar-refractivity contribution is -0.682. The molecule has 0 spiro atoms. The van der Waals surface area contributed by atoms with Gasteiger partial charge in [-0.05, 0) is 29.7 Å². The van der Waals surface area contributed by atoms with Crippen LogP contribution in [0.5, 0.6) is 0 Å². The maximum Gasteiger partial charge on any atom is 0.286 e. The Bertz CT molecular complexity index is 546. The van der Waals surface area contributed by atoms with Crippen molar-refractivity contribution in [2.45, 2.75) is 39.0 Å². The van der Waals surface area contributed by atoms with Gasteiger partial charge in [-0.25, -0.2) is 4.57 Å². The number of nitrogens with zero attached hydrogens (tertiary/aromatic N) is 2. The SMILES string of the molecule is CC1C=CC=CCC(C)c2c(C=S)nc[n+](C)c2CC1. The minimum atomic E-state index is 0.442. The molecule has 0 radical (unpaired) electrons. The second kappa shape index (κ2) is 6.89. The van der Waals surface area contributed by atoms with Crippen LogP contribution >= 0.6 is 12.2 Å². The summed E-state index contributed by atoms with van der Waals surface area (Å²) < 4.78 is 2.16. The Balaban J connectivity index is 2.50. The lowest BCUT2D eigenvalue weighted by Gasteiger charge is -2.15. The summed E-state index contributed by atoms with van der Waals surface area (Å²) in [5, 5.41) is 1.72. The Morgan fingerprint density at radius 3 is 2.90 bits per heavy atom. The fourth-order valence-electron chi connectivity index (χ4n) is 2.76. The third kappa shape index (κ3) is 3.40. The molecular weight excluding hydrogens is 264 g/mol. The molecule has 0 aromatic carbocycles. The zero-order valence-corrected chi connectivity index (χ0v) is 13.4. The number of allylic oxidation sites excluding steroid dienone is 4. The molecule has 2 atom stereocenters. The lowest BCUT2D eigenvalue weighted by Crippen LogP contribution is -2.37. The number of hydrogen-bond donors (Lipinski definition) is 0. The van der Waals surface area contributed by atoms with Gasteiger partial charge < -0.3 is 0 Å². The maximum atomic E-state index is 5.16. The van der Waals surface area contributed by atoms with Crippen LogP contribution in [0.1, 0.15) is 49.6 Å². The highest BCUT2D eigenvalue weighted by atomic mass is 32.1. The van der Waals surface area contributed by atoms with Crippen LogP contribution in [0.25, 0.3) is 0 Å². The predicted molar refractivity (Wildman–Crippen MR) is 87.0 cm³/mol. The molecule has 0 aliphatic heterocycles. The van der Waals surface area contributed by atoms with Gasteiger partial charge in [-0.15, -0.1) is 0 Å². The van der Waals surface area contributed by atoms with Crippen LogP contribution < -0.4 is 4.57 Å². The van der Waals surface area contributed by atoms with Crippen molar-refractivity contribution in [1.82, 2.24) is 4.98 Å². The summed E-state index contributed by atoms with van der Waals surface area (Å²) >= 11 is 5.16. The molecule has 0 saturated carbocycles. The molecule has 2 rings (SSSR count). The van der Waals surface area contributed by atoms with E-state index >= 15 is 0 Å². The van der Waals surface area contributed by atoms with Crippen molar-refractivity contribution in [3.8, 4) is 0 Å². The first-order valence-corrected chi connectivity index (χ1v) is 7.76. The van der Waals surface area contributed by atoms with Gasteiger partial charge >= 0.3 is 0 Å². The molecule has 0 fully saturated rings. The Labute approximate surface area is 127 Å². The van der Waals surface area contributed by atoms with E-state index < -0.39 is 0 Å². The highest BCUT2D eigenvalue weighted by Gasteiger charge is 2.22. The number of hydrogen-bond acceptors (Lipinski definition) is 2. The first-order valence-electron chi connectivity index (χ1n) is 7.29. The minimum absolute atomic E-state index is 0.442. The van der Waals surface area contributed by atoms with Gasteiger partial charge in [0, 0.05) is 12.0 Å². The van der Waals surface area contributed by atoms with Crippen LogP contribution in [-0.4, -0.2) is 10.4 Å². The first kappa shape index (κ1) is 15.0. The largest absolute Gasteiger partial charge is 0.286 e. The standard InChI is InChI=1S/C17H23N2S/c1-13-7-5-4-6-8-14(2)17-15(11-20)18-12-19(3)16(17)10-9-13/h4-7,11-14H,8-10H2,1-3H3/q+1. The Hall–Kier alpha value is -1.35. The van der Waals surface area contributed by atoms with Crippen LogP contribution in [0.15, 0.2) is 30.6 Å². The summed E-state index contributed by atoms with van der Waals surface area (Å²) in [6.45, 7) is 4.53. The second-order valence-corrected chi connectivity index (χ2v) is 5.92. The van der Waals surface area contributed by atoms with Gasteiger partial charge in [-0.2, -0.15) is 0 Å². The molecule has 3 heteroatoms. The smallest absolute Gasteiger partial charge is 0.237 e. The van der Waals surface area contributed by atoms with E-state index in [0.717, 1.165) is 25.0 Å². The molecule has 0 N–H and O–H groups in total. The summed E-state index contributed by atoms with van der Waals surface area (Å²) in [5.74, 6) is 1.03. The molecule has 0 bridgehead atoms. The number of aromatic nitrogens is 2. The molecule has 0 saturated heterocycles. The van der Waals surface area contributed by atoms with Gasteiger partial charge in [0.25, 0.3) is 6.33 Å². The van der Waals surface area contributed by atoms with Gasteiger partial charge in [0.1, 0.15) is 5.69 Å². The van der Waals surface area contributed by atoms with E-state index in [-0.39, 0.29) is 0 Å². The van der Waals surface area contributed by atoms with Crippen molar-refractivity contribution < 1.29 is 4.57 Å². The average Bonchev–Trinajstić information content (AvgIpc) is 2.47. The zero-order chi connectivity index (χ0) is 14.5. The molecule has 1 heterocycles. The van der Waals surface area contributed by atoms with E-state index in [1.165, 1.54) is 11.3 Å². The molecule has 0 amide bonds. The fraction of sp³-hybridized carbons (Fsp3) is 0.471. The minimum Gasteiger partial charge on any atom is -0.237 e. The van der Waals surface area contributed by atoms with Gasteiger partial charge in [-0.3, -0.25) is 0 Å². The second-order valence-electron chi connectivity index (χ2n) is 5.68. The lowest BCUT2D eigenvalue weighted by atomic mass is 9.91. The van der Waals surface area contributed by atoms with Crippen molar-refractivity contribution >= 4 is 17.6 Å². The van der Waals surface area contributed by atoms with E-state index in [2.05, 4.69) is 54.8 Å². The van der Waals surface area contributed by atoms with Crippen LogP contribution in [0, 0.1) is 5.92 Å². The molecule has 2 nitrogen and oxygen atoms in total. The van der Waals surface area contributed by atoms with Crippen LogP contribution in [0.2, 0.25) is 0 Å². The summed E-state index contributed by atoms with van der Waals surface area (Å²) in [5.41, 5.74) is 3.66. The van der Waals surface area contributed by atoms with E-state index in [4.69, 9.17) is 12.2 Å². The Morgan fingerprint density at radius 1 is 1.35 bits per heavy atom. The molecule has 106 valence electrons. The highest BCUT2D eigenvalue weighted by molar-refractivity contribution is 7.79. The van der Waals surface area contributed by atoms with Crippen LogP contribution in [0.3, 0.4) is 0 Å². The normalized spacial score (nSPS) is 22.9. The quantitative estimate of drug-likeness (QED) is 0.581. The third-order valence-corrected chi connectivity index (χ3v) is 4.22. The predicted octanol–water partition coefficient (Wildman–Crippen LogP) is 3.44. The van der Waals surface area contributed by atoms with Gasteiger partial charge in [-0.1, -0.05) is 50.4 Å². The summed E-state index contributed by atoms with van der Waals surface area (Å²) in [6, 6.07) is 0. The molecule has 1 aliphatic carbocycles. The van der Waals surface area contributed by atoms with Crippen molar-refractivity contribution in [1.29, 1.82) is 0 Å². The number of fused-ring (bicyclic) bond motifs is 1. The summed E-state index contributed by atoms with van der Waals surface area (Å²) in [4.78, 5) is 4.49.